The third kappa shape index (κ3) is 2.80. The smallest absolute Gasteiger partial charge is 0.0639 e. The molecule has 0 aromatic carbocycles. The normalized spacial score (nSPS) is 38.6. The Hall–Kier alpha value is -0.340. The summed E-state index contributed by atoms with van der Waals surface area (Å²) in [7, 11) is 0. The van der Waals surface area contributed by atoms with Crippen molar-refractivity contribution < 1.29 is 5.11 Å². The molecule has 0 amide bonds. The van der Waals surface area contributed by atoms with Crippen LogP contribution in [0.1, 0.15) is 58.3 Å². The highest BCUT2D eigenvalue weighted by Gasteiger charge is 2.42. The van der Waals surface area contributed by atoms with Crippen molar-refractivity contribution in [3.05, 3.63) is 12.2 Å². The molecule has 1 saturated carbocycles. The van der Waals surface area contributed by atoms with E-state index in [-0.39, 0.29) is 11.5 Å². The zero-order valence-corrected chi connectivity index (χ0v) is 11.8. The lowest BCUT2D eigenvalue weighted by atomic mass is 9.63. The molecule has 0 aliphatic heterocycles. The largest absolute Gasteiger partial charge is 0.392 e. The average Bonchev–Trinajstić information content (AvgIpc) is 2.47. The molecule has 0 radical (unpaired) electrons. The SMILES string of the molecule is CCC1CCC(CN)(C(O)C2CC=CCC2)CC1. The number of aliphatic hydroxyl groups is 1. The van der Waals surface area contributed by atoms with Crippen molar-refractivity contribution in [2.24, 2.45) is 23.0 Å². The number of rotatable bonds is 4. The molecule has 2 aliphatic rings. The summed E-state index contributed by atoms with van der Waals surface area (Å²) in [6.45, 7) is 2.94. The highest BCUT2D eigenvalue weighted by atomic mass is 16.3. The third-order valence-electron chi connectivity index (χ3n) is 5.47. The summed E-state index contributed by atoms with van der Waals surface area (Å²) in [5.41, 5.74) is 6.07. The minimum atomic E-state index is -0.190. The molecule has 0 bridgehead atoms. The van der Waals surface area contributed by atoms with Crippen LogP contribution in [0.15, 0.2) is 12.2 Å². The first-order valence-electron chi connectivity index (χ1n) is 7.75. The summed E-state index contributed by atoms with van der Waals surface area (Å²) in [5, 5.41) is 10.8. The van der Waals surface area contributed by atoms with E-state index >= 15 is 0 Å². The second-order valence-electron chi connectivity index (χ2n) is 6.41. The van der Waals surface area contributed by atoms with E-state index in [1.807, 2.05) is 0 Å². The van der Waals surface area contributed by atoms with Gasteiger partial charge >= 0.3 is 0 Å². The van der Waals surface area contributed by atoms with Gasteiger partial charge in [0.25, 0.3) is 0 Å². The van der Waals surface area contributed by atoms with E-state index in [9.17, 15) is 5.11 Å². The van der Waals surface area contributed by atoms with Gasteiger partial charge in [-0.1, -0.05) is 25.5 Å². The molecule has 3 N–H and O–H groups in total. The Balaban J connectivity index is 2.00. The van der Waals surface area contributed by atoms with Crippen LogP contribution in [0.4, 0.5) is 0 Å². The van der Waals surface area contributed by atoms with Crippen LogP contribution in [0, 0.1) is 17.3 Å². The number of aliphatic hydroxyl groups excluding tert-OH is 1. The molecule has 0 heterocycles. The summed E-state index contributed by atoms with van der Waals surface area (Å²) >= 11 is 0. The molecule has 2 heteroatoms. The Kier molecular flexibility index (Phi) is 4.85. The maximum atomic E-state index is 10.8. The van der Waals surface area contributed by atoms with Crippen molar-refractivity contribution in [2.75, 3.05) is 6.54 Å². The number of allylic oxidation sites excluding steroid dienone is 2. The van der Waals surface area contributed by atoms with Crippen LogP contribution in [-0.2, 0) is 0 Å². The van der Waals surface area contributed by atoms with Gasteiger partial charge in [-0.2, -0.15) is 0 Å². The Morgan fingerprint density at radius 3 is 2.50 bits per heavy atom. The molecular formula is C16H29NO. The van der Waals surface area contributed by atoms with Crippen LogP contribution >= 0.6 is 0 Å². The molecule has 0 aromatic heterocycles. The number of hydrogen-bond donors (Lipinski definition) is 2. The average molecular weight is 251 g/mol. The number of nitrogens with two attached hydrogens (primary N) is 1. The van der Waals surface area contributed by atoms with Gasteiger partial charge in [0.15, 0.2) is 0 Å². The summed E-state index contributed by atoms with van der Waals surface area (Å²) < 4.78 is 0. The fourth-order valence-corrected chi connectivity index (χ4v) is 3.89. The monoisotopic (exact) mass is 251 g/mol. The lowest BCUT2D eigenvalue weighted by Gasteiger charge is -2.45. The van der Waals surface area contributed by atoms with Crippen LogP contribution < -0.4 is 5.73 Å². The van der Waals surface area contributed by atoms with Gasteiger partial charge in [0.05, 0.1) is 6.10 Å². The summed E-state index contributed by atoms with van der Waals surface area (Å²) in [4.78, 5) is 0. The highest BCUT2D eigenvalue weighted by Crippen LogP contribution is 2.45. The summed E-state index contributed by atoms with van der Waals surface area (Å²) in [5.74, 6) is 1.31. The van der Waals surface area contributed by atoms with E-state index in [0.717, 1.165) is 38.0 Å². The van der Waals surface area contributed by atoms with Crippen molar-refractivity contribution in [1.29, 1.82) is 0 Å². The second-order valence-corrected chi connectivity index (χ2v) is 6.41. The van der Waals surface area contributed by atoms with Gasteiger partial charge in [-0.15, -0.1) is 0 Å². The van der Waals surface area contributed by atoms with Gasteiger partial charge < -0.3 is 10.8 Å². The molecule has 0 aromatic rings. The van der Waals surface area contributed by atoms with E-state index < -0.39 is 0 Å². The Bertz CT molecular complexity index is 279. The minimum Gasteiger partial charge on any atom is -0.392 e. The molecule has 2 aliphatic carbocycles. The molecule has 0 saturated heterocycles. The standard InChI is InChI=1S/C16H29NO/c1-2-13-8-10-16(12-17,11-9-13)15(18)14-6-4-3-5-7-14/h3-4,13-15,18H,2,5-12,17H2,1H3. The molecule has 1 fully saturated rings. The maximum absolute atomic E-state index is 10.8. The van der Waals surface area contributed by atoms with Crippen LogP contribution in [0.3, 0.4) is 0 Å². The van der Waals surface area contributed by atoms with E-state index in [1.165, 1.54) is 19.3 Å². The molecule has 2 nitrogen and oxygen atoms in total. The molecule has 0 spiro atoms. The predicted octanol–water partition coefficient (Wildman–Crippen LogP) is 3.25. The lowest BCUT2D eigenvalue weighted by molar-refractivity contribution is -0.0469. The zero-order chi connectivity index (χ0) is 13.0. The van der Waals surface area contributed by atoms with Gasteiger partial charge in [0, 0.05) is 12.0 Å². The van der Waals surface area contributed by atoms with Crippen molar-refractivity contribution >= 4 is 0 Å². The first kappa shape index (κ1) is 14.1. The van der Waals surface area contributed by atoms with Crippen LogP contribution in [0.2, 0.25) is 0 Å². The molecule has 2 rings (SSSR count). The van der Waals surface area contributed by atoms with Crippen LogP contribution in [-0.4, -0.2) is 17.8 Å². The molecule has 2 atom stereocenters. The van der Waals surface area contributed by atoms with Gasteiger partial charge in [0.2, 0.25) is 0 Å². The van der Waals surface area contributed by atoms with Gasteiger partial charge in [0.1, 0.15) is 0 Å². The fourth-order valence-electron chi connectivity index (χ4n) is 3.89. The van der Waals surface area contributed by atoms with Crippen molar-refractivity contribution in [2.45, 2.75) is 64.4 Å². The summed E-state index contributed by atoms with van der Waals surface area (Å²) in [6.07, 6.45) is 13.6. The van der Waals surface area contributed by atoms with E-state index in [1.54, 1.807) is 0 Å². The minimum absolute atomic E-state index is 0.0154. The Morgan fingerprint density at radius 1 is 1.28 bits per heavy atom. The zero-order valence-electron chi connectivity index (χ0n) is 11.8. The number of hydrogen-bond acceptors (Lipinski definition) is 2. The molecular weight excluding hydrogens is 222 g/mol. The van der Waals surface area contributed by atoms with Gasteiger partial charge in [-0.05, 0) is 56.8 Å². The van der Waals surface area contributed by atoms with Gasteiger partial charge in [-0.3, -0.25) is 0 Å². The fraction of sp³-hybridized carbons (Fsp3) is 0.875. The summed E-state index contributed by atoms with van der Waals surface area (Å²) in [6, 6.07) is 0. The highest BCUT2D eigenvalue weighted by molar-refractivity contribution is 4.99. The van der Waals surface area contributed by atoms with Crippen molar-refractivity contribution in [3.8, 4) is 0 Å². The molecule has 104 valence electrons. The van der Waals surface area contributed by atoms with Crippen molar-refractivity contribution in [3.63, 3.8) is 0 Å². The molecule has 2 unspecified atom stereocenters. The Labute approximate surface area is 112 Å². The quantitative estimate of drug-likeness (QED) is 0.753. The first-order valence-corrected chi connectivity index (χ1v) is 7.75. The molecule has 18 heavy (non-hydrogen) atoms. The Morgan fingerprint density at radius 2 is 2.00 bits per heavy atom. The second kappa shape index (κ2) is 6.21. The van der Waals surface area contributed by atoms with Crippen molar-refractivity contribution in [1.82, 2.24) is 0 Å². The maximum Gasteiger partial charge on any atom is 0.0639 e. The lowest BCUT2D eigenvalue weighted by Crippen LogP contribution is -2.48. The van der Waals surface area contributed by atoms with E-state index in [4.69, 9.17) is 5.73 Å². The van der Waals surface area contributed by atoms with Crippen LogP contribution in [0.25, 0.3) is 0 Å². The topological polar surface area (TPSA) is 46.2 Å². The van der Waals surface area contributed by atoms with Gasteiger partial charge in [-0.25, -0.2) is 0 Å². The first-order chi connectivity index (χ1) is 8.72. The van der Waals surface area contributed by atoms with E-state index in [0.29, 0.717) is 12.5 Å². The predicted molar refractivity (Wildman–Crippen MR) is 76.2 cm³/mol. The third-order valence-corrected chi connectivity index (χ3v) is 5.47. The van der Waals surface area contributed by atoms with E-state index in [2.05, 4.69) is 19.1 Å². The van der Waals surface area contributed by atoms with Crippen LogP contribution in [0.5, 0.6) is 0 Å².